The number of ether oxygens (including phenoxy) is 1. The van der Waals surface area contributed by atoms with Crippen LogP contribution in [0, 0.1) is 5.95 Å². The molecule has 3 nitrogen and oxygen atoms in total. The lowest BCUT2D eigenvalue weighted by atomic mass is 10.1. The highest BCUT2D eigenvalue weighted by Gasteiger charge is 2.11. The highest BCUT2D eigenvalue weighted by Crippen LogP contribution is 2.19. The first kappa shape index (κ1) is 13.3. The van der Waals surface area contributed by atoms with E-state index in [2.05, 4.69) is 10.3 Å². The van der Waals surface area contributed by atoms with Crippen molar-refractivity contribution in [1.82, 2.24) is 4.98 Å². The molecule has 1 aliphatic rings. The SMILES string of the molecule is Fc1cccc(NCCOC2CCCCCC2)n1. The number of hydrogen-bond acceptors (Lipinski definition) is 3. The summed E-state index contributed by atoms with van der Waals surface area (Å²) in [5, 5.41) is 3.06. The summed E-state index contributed by atoms with van der Waals surface area (Å²) in [6, 6.07) is 4.75. The van der Waals surface area contributed by atoms with Gasteiger partial charge in [0.2, 0.25) is 5.95 Å². The van der Waals surface area contributed by atoms with Crippen molar-refractivity contribution in [2.75, 3.05) is 18.5 Å². The number of hydrogen-bond donors (Lipinski definition) is 1. The van der Waals surface area contributed by atoms with Crippen LogP contribution in [-0.2, 0) is 4.74 Å². The van der Waals surface area contributed by atoms with Crippen molar-refractivity contribution in [3.8, 4) is 0 Å². The molecule has 1 N–H and O–H groups in total. The van der Waals surface area contributed by atoms with E-state index in [9.17, 15) is 4.39 Å². The van der Waals surface area contributed by atoms with Crippen LogP contribution < -0.4 is 5.32 Å². The lowest BCUT2D eigenvalue weighted by molar-refractivity contribution is 0.0501. The van der Waals surface area contributed by atoms with Gasteiger partial charge in [0, 0.05) is 6.54 Å². The minimum atomic E-state index is -0.454. The van der Waals surface area contributed by atoms with Gasteiger partial charge in [0.25, 0.3) is 0 Å². The van der Waals surface area contributed by atoms with Gasteiger partial charge in [-0.2, -0.15) is 4.39 Å². The van der Waals surface area contributed by atoms with Crippen molar-refractivity contribution in [2.45, 2.75) is 44.6 Å². The predicted octanol–water partition coefficient (Wildman–Crippen LogP) is 3.37. The fourth-order valence-electron chi connectivity index (χ4n) is 2.32. The monoisotopic (exact) mass is 252 g/mol. The van der Waals surface area contributed by atoms with Crippen LogP contribution in [0.15, 0.2) is 18.2 Å². The molecule has 1 aromatic rings. The maximum Gasteiger partial charge on any atom is 0.214 e. The molecule has 0 atom stereocenters. The lowest BCUT2D eigenvalue weighted by Crippen LogP contribution is -2.18. The molecule has 0 saturated heterocycles. The summed E-state index contributed by atoms with van der Waals surface area (Å²) in [5.41, 5.74) is 0. The molecule has 0 aliphatic heterocycles. The first-order valence-corrected chi connectivity index (χ1v) is 6.82. The molecule has 1 heterocycles. The van der Waals surface area contributed by atoms with Gasteiger partial charge < -0.3 is 10.1 Å². The molecule has 1 saturated carbocycles. The maximum atomic E-state index is 12.8. The Labute approximate surface area is 108 Å². The second-order valence-corrected chi connectivity index (χ2v) is 4.76. The van der Waals surface area contributed by atoms with Crippen LogP contribution in [0.4, 0.5) is 10.2 Å². The molecule has 2 rings (SSSR count). The van der Waals surface area contributed by atoms with Crippen molar-refractivity contribution >= 4 is 5.82 Å². The van der Waals surface area contributed by atoms with Crippen LogP contribution in [0.2, 0.25) is 0 Å². The van der Waals surface area contributed by atoms with Crippen molar-refractivity contribution in [2.24, 2.45) is 0 Å². The summed E-state index contributed by atoms with van der Waals surface area (Å²) in [4.78, 5) is 3.74. The molecule has 1 fully saturated rings. The summed E-state index contributed by atoms with van der Waals surface area (Å²) in [7, 11) is 0. The maximum absolute atomic E-state index is 12.8. The summed E-state index contributed by atoms with van der Waals surface area (Å²) < 4.78 is 18.7. The van der Waals surface area contributed by atoms with Crippen molar-refractivity contribution in [3.63, 3.8) is 0 Å². The second kappa shape index (κ2) is 7.31. The van der Waals surface area contributed by atoms with Gasteiger partial charge in [-0.3, -0.25) is 0 Å². The molecule has 0 aromatic carbocycles. The Hall–Kier alpha value is -1.16. The third-order valence-corrected chi connectivity index (χ3v) is 3.28. The van der Waals surface area contributed by atoms with Crippen molar-refractivity contribution < 1.29 is 9.13 Å². The molecule has 100 valence electrons. The van der Waals surface area contributed by atoms with Gasteiger partial charge in [0.1, 0.15) is 5.82 Å². The van der Waals surface area contributed by atoms with E-state index in [4.69, 9.17) is 4.74 Å². The molecule has 1 aromatic heterocycles. The van der Waals surface area contributed by atoms with Gasteiger partial charge in [0.05, 0.1) is 12.7 Å². The van der Waals surface area contributed by atoms with E-state index in [1.807, 2.05) is 0 Å². The molecule has 0 unspecified atom stereocenters. The molecule has 0 spiro atoms. The normalized spacial score (nSPS) is 17.4. The number of aromatic nitrogens is 1. The average molecular weight is 252 g/mol. The van der Waals surface area contributed by atoms with Gasteiger partial charge in [-0.1, -0.05) is 31.7 Å². The molecule has 0 radical (unpaired) electrons. The Morgan fingerprint density at radius 2 is 2.00 bits per heavy atom. The quantitative estimate of drug-likeness (QED) is 0.495. The Kier molecular flexibility index (Phi) is 5.39. The second-order valence-electron chi connectivity index (χ2n) is 4.76. The van der Waals surface area contributed by atoms with Crippen LogP contribution >= 0.6 is 0 Å². The van der Waals surface area contributed by atoms with Crippen molar-refractivity contribution in [3.05, 3.63) is 24.1 Å². The number of pyridine rings is 1. The lowest BCUT2D eigenvalue weighted by Gasteiger charge is -2.15. The Morgan fingerprint density at radius 1 is 1.22 bits per heavy atom. The Bertz CT molecular complexity index is 351. The first-order valence-electron chi connectivity index (χ1n) is 6.82. The van der Waals surface area contributed by atoms with Crippen molar-refractivity contribution in [1.29, 1.82) is 0 Å². The molecule has 4 heteroatoms. The van der Waals surface area contributed by atoms with E-state index < -0.39 is 5.95 Å². The fourth-order valence-corrected chi connectivity index (χ4v) is 2.32. The van der Waals surface area contributed by atoms with Gasteiger partial charge in [0.15, 0.2) is 0 Å². The zero-order chi connectivity index (χ0) is 12.6. The molecule has 1 aliphatic carbocycles. The number of nitrogens with zero attached hydrogens (tertiary/aromatic N) is 1. The fraction of sp³-hybridized carbons (Fsp3) is 0.643. The largest absolute Gasteiger partial charge is 0.376 e. The Balaban J connectivity index is 1.63. The van der Waals surface area contributed by atoms with Crippen LogP contribution in [0.3, 0.4) is 0 Å². The minimum absolute atomic E-state index is 0.412. The average Bonchev–Trinajstić information content (AvgIpc) is 2.63. The zero-order valence-electron chi connectivity index (χ0n) is 10.7. The smallest absolute Gasteiger partial charge is 0.214 e. The molecule has 0 amide bonds. The highest BCUT2D eigenvalue weighted by molar-refractivity contribution is 5.33. The van der Waals surface area contributed by atoms with Crippen LogP contribution in [-0.4, -0.2) is 24.2 Å². The van der Waals surface area contributed by atoms with Gasteiger partial charge in [-0.25, -0.2) is 4.98 Å². The third-order valence-electron chi connectivity index (χ3n) is 3.28. The van der Waals surface area contributed by atoms with Crippen LogP contribution in [0.25, 0.3) is 0 Å². The standard InChI is InChI=1S/C14H21FN2O/c15-13-8-5-9-14(17-13)16-10-11-18-12-6-3-1-2-4-7-12/h5,8-9,12H,1-4,6-7,10-11H2,(H,16,17). The van der Waals surface area contributed by atoms with Gasteiger partial charge in [-0.05, 0) is 25.0 Å². The number of halogens is 1. The minimum Gasteiger partial charge on any atom is -0.376 e. The summed E-state index contributed by atoms with van der Waals surface area (Å²) in [6.07, 6.45) is 8.01. The van der Waals surface area contributed by atoms with E-state index >= 15 is 0 Å². The van der Waals surface area contributed by atoms with Gasteiger partial charge >= 0.3 is 0 Å². The molecule has 18 heavy (non-hydrogen) atoms. The third kappa shape index (κ3) is 4.61. The van der Waals surface area contributed by atoms with E-state index in [1.165, 1.54) is 44.6 Å². The van der Waals surface area contributed by atoms with E-state index in [1.54, 1.807) is 12.1 Å². The molecular formula is C14H21FN2O. The predicted molar refractivity (Wildman–Crippen MR) is 70.1 cm³/mol. The van der Waals surface area contributed by atoms with Crippen LogP contribution in [0.5, 0.6) is 0 Å². The van der Waals surface area contributed by atoms with E-state index in [-0.39, 0.29) is 0 Å². The summed E-state index contributed by atoms with van der Waals surface area (Å²) >= 11 is 0. The summed E-state index contributed by atoms with van der Waals surface area (Å²) in [5.74, 6) is 0.115. The Morgan fingerprint density at radius 3 is 2.72 bits per heavy atom. The van der Waals surface area contributed by atoms with E-state index in [0.29, 0.717) is 25.1 Å². The van der Waals surface area contributed by atoms with E-state index in [0.717, 1.165) is 0 Å². The number of anilines is 1. The van der Waals surface area contributed by atoms with Gasteiger partial charge in [-0.15, -0.1) is 0 Å². The summed E-state index contributed by atoms with van der Waals surface area (Å²) in [6.45, 7) is 1.33. The highest BCUT2D eigenvalue weighted by atomic mass is 19.1. The zero-order valence-corrected chi connectivity index (χ0v) is 10.7. The molecule has 0 bridgehead atoms. The number of nitrogens with one attached hydrogen (secondary N) is 1. The topological polar surface area (TPSA) is 34.1 Å². The first-order chi connectivity index (χ1) is 8.84. The van der Waals surface area contributed by atoms with Crippen LogP contribution in [0.1, 0.15) is 38.5 Å². The number of rotatable bonds is 5. The molecular weight excluding hydrogens is 231 g/mol.